The largest absolute Gasteiger partial charge is 0.360 e. The molecule has 1 amide bonds. The van der Waals surface area contributed by atoms with Crippen LogP contribution in [-0.2, 0) is 21.4 Å². The summed E-state index contributed by atoms with van der Waals surface area (Å²) in [5.41, 5.74) is 0.930. The van der Waals surface area contributed by atoms with Crippen LogP contribution in [0.25, 0.3) is 0 Å². The van der Waals surface area contributed by atoms with Gasteiger partial charge in [-0.25, -0.2) is 12.7 Å². The van der Waals surface area contributed by atoms with Crippen molar-refractivity contribution in [1.29, 1.82) is 0 Å². The molecule has 0 radical (unpaired) electrons. The van der Waals surface area contributed by atoms with Crippen molar-refractivity contribution in [2.45, 2.75) is 13.5 Å². The predicted molar refractivity (Wildman–Crippen MR) is 81.7 cm³/mol. The number of benzene rings is 1. The molecule has 0 bridgehead atoms. The summed E-state index contributed by atoms with van der Waals surface area (Å²) in [4.78, 5) is 12.0. The second-order valence-electron chi connectivity index (χ2n) is 4.83. The summed E-state index contributed by atoms with van der Waals surface area (Å²) in [6, 6.07) is 10.8. The van der Waals surface area contributed by atoms with Crippen LogP contribution in [0.2, 0.25) is 0 Å². The van der Waals surface area contributed by atoms with E-state index in [1.165, 1.54) is 6.07 Å². The highest BCUT2D eigenvalue weighted by Crippen LogP contribution is 2.16. The van der Waals surface area contributed by atoms with Gasteiger partial charge in [-0.05, 0) is 12.5 Å². The number of carbonyl (C=O) groups is 1. The Kier molecular flexibility index (Phi) is 4.81. The maximum Gasteiger partial charge on any atom is 0.241 e. The van der Waals surface area contributed by atoms with Crippen molar-refractivity contribution in [2.75, 3.05) is 17.1 Å². The van der Waals surface area contributed by atoms with Gasteiger partial charge in [0.2, 0.25) is 15.9 Å². The Bertz CT molecular complexity index is 740. The topological polar surface area (TPSA) is 92.5 Å². The molecule has 0 unspecified atom stereocenters. The van der Waals surface area contributed by atoms with Crippen molar-refractivity contribution in [3.05, 3.63) is 47.7 Å². The molecule has 1 N–H and O–H groups in total. The molecule has 2 rings (SSSR count). The third-order valence-electron chi connectivity index (χ3n) is 2.89. The molecule has 0 aliphatic rings. The number of amides is 1. The number of anilines is 1. The summed E-state index contributed by atoms with van der Waals surface area (Å²) in [7, 11) is -3.63. The Labute approximate surface area is 129 Å². The number of sulfonamides is 1. The first-order chi connectivity index (χ1) is 10.4. The average Bonchev–Trinajstić information content (AvgIpc) is 2.88. The number of aryl methyl sites for hydroxylation is 1. The minimum atomic E-state index is -3.63. The van der Waals surface area contributed by atoms with Gasteiger partial charge in [0.1, 0.15) is 12.3 Å². The second kappa shape index (κ2) is 6.61. The van der Waals surface area contributed by atoms with Gasteiger partial charge in [-0.15, -0.1) is 0 Å². The summed E-state index contributed by atoms with van der Waals surface area (Å²) < 4.78 is 29.4. The standard InChI is InChI=1S/C14H17N3O4S/c1-11-8-13(16-21-11)17(22(2,19)20)10-14(18)15-9-12-6-4-3-5-7-12/h3-8H,9-10H2,1-2H3,(H,15,18). The van der Waals surface area contributed by atoms with Crippen molar-refractivity contribution in [1.82, 2.24) is 10.5 Å². The fourth-order valence-electron chi connectivity index (χ4n) is 1.82. The Balaban J connectivity index is 2.03. The van der Waals surface area contributed by atoms with Crippen LogP contribution in [0.15, 0.2) is 40.9 Å². The zero-order valence-corrected chi connectivity index (χ0v) is 13.1. The van der Waals surface area contributed by atoms with Crippen LogP contribution >= 0.6 is 0 Å². The summed E-state index contributed by atoms with van der Waals surface area (Å²) in [5.74, 6) is 0.137. The zero-order valence-electron chi connectivity index (χ0n) is 12.3. The van der Waals surface area contributed by atoms with Crippen molar-refractivity contribution < 1.29 is 17.7 Å². The van der Waals surface area contributed by atoms with Gasteiger partial charge < -0.3 is 9.84 Å². The van der Waals surface area contributed by atoms with Crippen LogP contribution in [0.4, 0.5) is 5.82 Å². The lowest BCUT2D eigenvalue weighted by atomic mass is 10.2. The zero-order chi connectivity index (χ0) is 16.2. The van der Waals surface area contributed by atoms with Crippen LogP contribution in [0, 0.1) is 6.92 Å². The lowest BCUT2D eigenvalue weighted by Crippen LogP contribution is -2.40. The molecule has 118 valence electrons. The molecule has 0 aliphatic carbocycles. The van der Waals surface area contributed by atoms with Crippen LogP contribution in [-0.4, -0.2) is 32.3 Å². The number of rotatable bonds is 6. The first-order valence-corrected chi connectivity index (χ1v) is 8.43. The lowest BCUT2D eigenvalue weighted by Gasteiger charge is -2.18. The van der Waals surface area contributed by atoms with Gasteiger partial charge in [-0.2, -0.15) is 0 Å². The Morgan fingerprint density at radius 2 is 2.00 bits per heavy atom. The molecule has 7 nitrogen and oxygen atoms in total. The molecular formula is C14H17N3O4S. The third kappa shape index (κ3) is 4.32. The van der Waals surface area contributed by atoms with Crippen molar-refractivity contribution in [3.63, 3.8) is 0 Å². The first kappa shape index (κ1) is 16.0. The molecule has 2 aromatic rings. The number of carbonyl (C=O) groups excluding carboxylic acids is 1. The molecule has 0 atom stereocenters. The van der Waals surface area contributed by atoms with Crippen molar-refractivity contribution >= 4 is 21.7 Å². The van der Waals surface area contributed by atoms with E-state index in [1.807, 2.05) is 30.3 Å². The minimum absolute atomic E-state index is 0.0925. The van der Waals surface area contributed by atoms with E-state index in [0.29, 0.717) is 12.3 Å². The molecule has 1 aromatic heterocycles. The van der Waals surface area contributed by atoms with Gasteiger partial charge in [0.05, 0.1) is 6.26 Å². The smallest absolute Gasteiger partial charge is 0.241 e. The van der Waals surface area contributed by atoms with Crippen LogP contribution < -0.4 is 9.62 Å². The quantitative estimate of drug-likeness (QED) is 0.858. The molecule has 1 heterocycles. The van der Waals surface area contributed by atoms with Crippen molar-refractivity contribution in [3.8, 4) is 0 Å². The van der Waals surface area contributed by atoms with E-state index in [9.17, 15) is 13.2 Å². The van der Waals surface area contributed by atoms with Gasteiger partial charge in [-0.3, -0.25) is 4.79 Å². The molecular weight excluding hydrogens is 306 g/mol. The Hall–Kier alpha value is -2.35. The summed E-state index contributed by atoms with van der Waals surface area (Å²) in [6.07, 6.45) is 1.02. The number of hydrogen-bond donors (Lipinski definition) is 1. The normalized spacial score (nSPS) is 11.2. The lowest BCUT2D eigenvalue weighted by molar-refractivity contribution is -0.119. The highest BCUT2D eigenvalue weighted by atomic mass is 32.2. The molecule has 0 fully saturated rings. The van der Waals surface area contributed by atoms with Gasteiger partial charge >= 0.3 is 0 Å². The van der Waals surface area contributed by atoms with E-state index in [2.05, 4.69) is 10.5 Å². The summed E-state index contributed by atoms with van der Waals surface area (Å²) in [5, 5.41) is 6.32. The number of nitrogens with one attached hydrogen (secondary N) is 1. The number of nitrogens with zero attached hydrogens (tertiary/aromatic N) is 2. The predicted octanol–water partition coefficient (Wildman–Crippen LogP) is 1.07. The second-order valence-corrected chi connectivity index (χ2v) is 6.73. The number of hydrogen-bond acceptors (Lipinski definition) is 5. The monoisotopic (exact) mass is 323 g/mol. The fraction of sp³-hybridized carbons (Fsp3) is 0.286. The fourth-order valence-corrected chi connectivity index (χ4v) is 2.60. The van der Waals surface area contributed by atoms with E-state index in [-0.39, 0.29) is 12.4 Å². The summed E-state index contributed by atoms with van der Waals surface area (Å²) in [6.45, 7) is 1.62. The van der Waals surface area contributed by atoms with Crippen molar-refractivity contribution in [2.24, 2.45) is 0 Å². The van der Waals surface area contributed by atoms with Gasteiger partial charge in [0, 0.05) is 12.6 Å². The minimum Gasteiger partial charge on any atom is -0.360 e. The van der Waals surface area contributed by atoms with Gasteiger partial charge in [-0.1, -0.05) is 35.5 Å². The van der Waals surface area contributed by atoms with Crippen LogP contribution in [0.1, 0.15) is 11.3 Å². The number of aromatic nitrogens is 1. The Morgan fingerprint density at radius 1 is 1.32 bits per heavy atom. The van der Waals surface area contributed by atoms with E-state index < -0.39 is 15.9 Å². The maximum atomic E-state index is 12.0. The molecule has 0 saturated carbocycles. The highest BCUT2D eigenvalue weighted by molar-refractivity contribution is 7.92. The Morgan fingerprint density at radius 3 is 2.55 bits per heavy atom. The maximum absolute atomic E-state index is 12.0. The van der Waals surface area contributed by atoms with Crippen LogP contribution in [0.3, 0.4) is 0 Å². The molecule has 0 aliphatic heterocycles. The average molecular weight is 323 g/mol. The summed E-state index contributed by atoms with van der Waals surface area (Å²) >= 11 is 0. The molecule has 22 heavy (non-hydrogen) atoms. The van der Waals surface area contributed by atoms with E-state index >= 15 is 0 Å². The first-order valence-electron chi connectivity index (χ1n) is 6.58. The van der Waals surface area contributed by atoms with E-state index in [4.69, 9.17) is 4.52 Å². The van der Waals surface area contributed by atoms with Crippen LogP contribution in [0.5, 0.6) is 0 Å². The van der Waals surface area contributed by atoms with E-state index in [1.54, 1.807) is 6.92 Å². The van der Waals surface area contributed by atoms with Gasteiger partial charge in [0.25, 0.3) is 0 Å². The van der Waals surface area contributed by atoms with Gasteiger partial charge in [0.15, 0.2) is 5.82 Å². The third-order valence-corrected chi connectivity index (χ3v) is 4.01. The van der Waals surface area contributed by atoms with E-state index in [0.717, 1.165) is 16.1 Å². The molecule has 8 heteroatoms. The SMILES string of the molecule is Cc1cc(N(CC(=O)NCc2ccccc2)S(C)(=O)=O)no1. The molecule has 1 aromatic carbocycles. The molecule has 0 spiro atoms. The molecule has 0 saturated heterocycles. The highest BCUT2D eigenvalue weighted by Gasteiger charge is 2.23.